The Morgan fingerprint density at radius 2 is 1.86 bits per heavy atom. The van der Waals surface area contributed by atoms with E-state index in [1.54, 1.807) is 19.4 Å². The van der Waals surface area contributed by atoms with E-state index in [2.05, 4.69) is 62.5 Å². The number of fused-ring (bicyclic) bond motifs is 1. The summed E-state index contributed by atoms with van der Waals surface area (Å²) in [5.41, 5.74) is 1.95. The largest absolute Gasteiger partial charge is 0.357 e. The molecule has 0 bridgehead atoms. The molecule has 2 fully saturated rings. The van der Waals surface area contributed by atoms with Gasteiger partial charge in [-0.15, -0.1) is 0 Å². The van der Waals surface area contributed by atoms with Crippen molar-refractivity contribution in [1.29, 1.82) is 0 Å². The maximum atomic E-state index is 13.4. The first kappa shape index (κ1) is 19.8. The minimum absolute atomic E-state index is 0.0679. The second-order valence-corrected chi connectivity index (χ2v) is 8.27. The van der Waals surface area contributed by atoms with Gasteiger partial charge in [0.1, 0.15) is 0 Å². The lowest BCUT2D eigenvalue weighted by Gasteiger charge is -2.36. The third-order valence-electron chi connectivity index (χ3n) is 6.55. The first-order valence-corrected chi connectivity index (χ1v) is 10.7. The van der Waals surface area contributed by atoms with Gasteiger partial charge in [-0.3, -0.25) is 9.69 Å². The van der Waals surface area contributed by atoms with Crippen LogP contribution in [0.15, 0.2) is 42.7 Å². The van der Waals surface area contributed by atoms with E-state index in [4.69, 9.17) is 0 Å². The van der Waals surface area contributed by atoms with Crippen LogP contribution in [0.4, 0.5) is 5.95 Å². The van der Waals surface area contributed by atoms with Gasteiger partial charge >= 0.3 is 0 Å². The van der Waals surface area contributed by atoms with Crippen LogP contribution in [0.1, 0.15) is 48.0 Å². The van der Waals surface area contributed by atoms with Crippen LogP contribution < -0.4 is 5.32 Å². The molecular formula is C23H31N5O. The summed E-state index contributed by atoms with van der Waals surface area (Å²) in [6.07, 6.45) is 10.0. The molecule has 2 aliphatic heterocycles. The number of benzene rings is 1. The highest BCUT2D eigenvalue weighted by atomic mass is 16.2. The fraction of sp³-hybridized carbons (Fsp3) is 0.522. The van der Waals surface area contributed by atoms with Gasteiger partial charge in [-0.25, -0.2) is 9.97 Å². The number of amides is 1. The molecule has 3 atom stereocenters. The van der Waals surface area contributed by atoms with Crippen molar-refractivity contribution < 1.29 is 4.79 Å². The maximum absolute atomic E-state index is 13.4. The molecule has 0 saturated carbocycles. The Balaban J connectivity index is 1.55. The summed E-state index contributed by atoms with van der Waals surface area (Å²) < 4.78 is 0. The average Bonchev–Trinajstić information content (AvgIpc) is 3.03. The first-order valence-electron chi connectivity index (χ1n) is 10.7. The topological polar surface area (TPSA) is 61.4 Å². The Morgan fingerprint density at radius 1 is 1.10 bits per heavy atom. The van der Waals surface area contributed by atoms with Crippen LogP contribution in [0, 0.1) is 0 Å². The van der Waals surface area contributed by atoms with E-state index >= 15 is 0 Å². The highest BCUT2D eigenvalue weighted by molar-refractivity contribution is 5.94. The second-order valence-electron chi connectivity index (χ2n) is 8.27. The number of nitrogens with one attached hydrogen (secondary N) is 1. The van der Waals surface area contributed by atoms with E-state index in [1.165, 1.54) is 18.4 Å². The Labute approximate surface area is 173 Å². The van der Waals surface area contributed by atoms with E-state index < -0.39 is 0 Å². The molecule has 29 heavy (non-hydrogen) atoms. The summed E-state index contributed by atoms with van der Waals surface area (Å²) in [6, 6.07) is 11.8. The molecule has 4 rings (SSSR count). The highest BCUT2D eigenvalue weighted by Gasteiger charge is 2.43. The van der Waals surface area contributed by atoms with Gasteiger partial charge in [0, 0.05) is 44.1 Å². The molecule has 6 heteroatoms. The molecule has 154 valence electrons. The minimum atomic E-state index is 0.0679. The summed E-state index contributed by atoms with van der Waals surface area (Å²) in [4.78, 5) is 26.5. The predicted molar refractivity (Wildman–Crippen MR) is 115 cm³/mol. The monoisotopic (exact) mass is 393 g/mol. The van der Waals surface area contributed by atoms with Crippen molar-refractivity contribution in [2.75, 3.05) is 26.0 Å². The van der Waals surface area contributed by atoms with Gasteiger partial charge < -0.3 is 10.2 Å². The number of carbonyl (C=O) groups excluding carboxylic acids is 1. The summed E-state index contributed by atoms with van der Waals surface area (Å²) in [5, 5.41) is 2.91. The van der Waals surface area contributed by atoms with Gasteiger partial charge in [0.05, 0.1) is 5.56 Å². The number of rotatable bonds is 4. The maximum Gasteiger partial charge on any atom is 0.257 e. The third-order valence-corrected chi connectivity index (χ3v) is 6.55. The Kier molecular flexibility index (Phi) is 6.09. The Hall–Kier alpha value is -2.47. The average molecular weight is 394 g/mol. The lowest BCUT2D eigenvalue weighted by Crippen LogP contribution is -2.48. The van der Waals surface area contributed by atoms with Crippen molar-refractivity contribution in [2.24, 2.45) is 0 Å². The van der Waals surface area contributed by atoms with Crippen molar-refractivity contribution in [3.63, 3.8) is 0 Å². The van der Waals surface area contributed by atoms with Gasteiger partial charge in [-0.1, -0.05) is 43.2 Å². The molecule has 6 nitrogen and oxygen atoms in total. The fourth-order valence-corrected chi connectivity index (χ4v) is 4.95. The normalized spacial score (nSPS) is 25.2. The van der Waals surface area contributed by atoms with E-state index in [0.29, 0.717) is 23.6 Å². The van der Waals surface area contributed by atoms with Crippen LogP contribution in [0.2, 0.25) is 0 Å². The molecule has 0 aliphatic carbocycles. The molecule has 3 heterocycles. The van der Waals surface area contributed by atoms with Crippen LogP contribution in [0.5, 0.6) is 0 Å². The van der Waals surface area contributed by atoms with Crippen LogP contribution in [0.3, 0.4) is 0 Å². The quantitative estimate of drug-likeness (QED) is 0.864. The molecule has 0 spiro atoms. The SMILES string of the molecule is CNc1ncc(C(=O)N2CCCCC[C@@H]3[C@@H]2C[C@@H](Cc2ccccc2)N3C)cn1. The first-order chi connectivity index (χ1) is 14.2. The number of nitrogens with zero attached hydrogens (tertiary/aromatic N) is 4. The van der Waals surface area contributed by atoms with E-state index in [1.807, 2.05) is 0 Å². The van der Waals surface area contributed by atoms with Crippen molar-refractivity contribution in [3.8, 4) is 0 Å². The van der Waals surface area contributed by atoms with E-state index in [9.17, 15) is 4.79 Å². The second kappa shape index (κ2) is 8.91. The summed E-state index contributed by atoms with van der Waals surface area (Å²) >= 11 is 0. The lowest BCUT2D eigenvalue weighted by atomic mass is 9.95. The Bertz CT molecular complexity index is 810. The molecule has 1 N–H and O–H groups in total. The number of carbonyl (C=O) groups is 1. The van der Waals surface area contributed by atoms with Crippen molar-refractivity contribution in [2.45, 2.75) is 56.7 Å². The smallest absolute Gasteiger partial charge is 0.257 e. The van der Waals surface area contributed by atoms with Crippen molar-refractivity contribution >= 4 is 11.9 Å². The fourth-order valence-electron chi connectivity index (χ4n) is 4.95. The molecule has 2 aromatic rings. The van der Waals surface area contributed by atoms with Gasteiger partial charge in [0.15, 0.2) is 0 Å². The highest BCUT2D eigenvalue weighted by Crippen LogP contribution is 2.34. The predicted octanol–water partition coefficient (Wildman–Crippen LogP) is 3.22. The zero-order valence-corrected chi connectivity index (χ0v) is 17.4. The molecule has 1 aromatic heterocycles. The number of hydrogen-bond acceptors (Lipinski definition) is 5. The lowest BCUT2D eigenvalue weighted by molar-refractivity contribution is 0.0600. The van der Waals surface area contributed by atoms with Crippen LogP contribution >= 0.6 is 0 Å². The van der Waals surface area contributed by atoms with Gasteiger partial charge in [-0.05, 0) is 38.3 Å². The third kappa shape index (κ3) is 4.27. The van der Waals surface area contributed by atoms with Crippen molar-refractivity contribution in [3.05, 3.63) is 53.9 Å². The van der Waals surface area contributed by atoms with Crippen LogP contribution in [0.25, 0.3) is 0 Å². The van der Waals surface area contributed by atoms with Gasteiger partial charge in [0.2, 0.25) is 5.95 Å². The molecule has 0 radical (unpaired) electrons. The van der Waals surface area contributed by atoms with E-state index in [0.717, 1.165) is 32.2 Å². The zero-order valence-electron chi connectivity index (χ0n) is 17.4. The Morgan fingerprint density at radius 3 is 2.59 bits per heavy atom. The van der Waals surface area contributed by atoms with Crippen molar-refractivity contribution in [1.82, 2.24) is 19.8 Å². The molecular weight excluding hydrogens is 362 g/mol. The standard InChI is InChI=1S/C23H31N5O/c1-24-23-25-15-18(16-26-23)22(29)28-12-8-4-7-11-20-21(28)14-19(27(20)2)13-17-9-5-3-6-10-17/h3,5-6,9-10,15-16,19-21H,4,7-8,11-14H2,1-2H3,(H,24,25,26)/t19-,20-,21+/m1/s1. The van der Waals surface area contributed by atoms with Crippen LogP contribution in [-0.4, -0.2) is 64.4 Å². The van der Waals surface area contributed by atoms with Gasteiger partial charge in [0.25, 0.3) is 5.91 Å². The number of likely N-dealkylation sites (tertiary alicyclic amines) is 2. The van der Waals surface area contributed by atoms with E-state index in [-0.39, 0.29) is 11.9 Å². The zero-order chi connectivity index (χ0) is 20.2. The molecule has 1 amide bonds. The number of likely N-dealkylation sites (N-methyl/N-ethyl adjacent to an activating group) is 1. The molecule has 2 saturated heterocycles. The molecule has 2 aliphatic rings. The number of anilines is 1. The number of aromatic nitrogens is 2. The molecule has 0 unspecified atom stereocenters. The molecule has 1 aromatic carbocycles. The summed E-state index contributed by atoms with van der Waals surface area (Å²) in [6.45, 7) is 0.819. The summed E-state index contributed by atoms with van der Waals surface area (Å²) in [7, 11) is 4.02. The minimum Gasteiger partial charge on any atom is -0.357 e. The van der Waals surface area contributed by atoms with Gasteiger partial charge in [-0.2, -0.15) is 0 Å². The summed E-state index contributed by atoms with van der Waals surface area (Å²) in [5.74, 6) is 0.605. The number of hydrogen-bond donors (Lipinski definition) is 1. The van der Waals surface area contributed by atoms with Crippen LogP contribution in [-0.2, 0) is 6.42 Å².